The monoisotopic (exact) mass is 287 g/mol. The van der Waals surface area contributed by atoms with Gasteiger partial charge in [-0.25, -0.2) is 4.39 Å². The molecule has 0 radical (unpaired) electrons. The van der Waals surface area contributed by atoms with Crippen molar-refractivity contribution in [2.24, 2.45) is 5.73 Å². The summed E-state index contributed by atoms with van der Waals surface area (Å²) in [4.78, 5) is 1.06. The molecule has 2 nitrogen and oxygen atoms in total. The predicted octanol–water partition coefficient (Wildman–Crippen LogP) is 4.08. The van der Waals surface area contributed by atoms with E-state index in [1.165, 1.54) is 10.8 Å². The molecular formula is C16H14FNOS. The number of fused-ring (bicyclic) bond motifs is 1. The van der Waals surface area contributed by atoms with Crippen molar-refractivity contribution in [3.8, 4) is 5.75 Å². The maximum absolute atomic E-state index is 13.5. The van der Waals surface area contributed by atoms with Gasteiger partial charge in [0.25, 0.3) is 0 Å². The summed E-state index contributed by atoms with van der Waals surface area (Å²) < 4.78 is 20.2. The quantitative estimate of drug-likeness (QED) is 0.784. The van der Waals surface area contributed by atoms with E-state index >= 15 is 0 Å². The lowest BCUT2D eigenvalue weighted by molar-refractivity contribution is 0.293. The van der Waals surface area contributed by atoms with E-state index in [4.69, 9.17) is 10.5 Å². The Kier molecular flexibility index (Phi) is 3.67. The minimum atomic E-state index is -0.337. The van der Waals surface area contributed by atoms with Gasteiger partial charge in [0.2, 0.25) is 0 Å². The average molecular weight is 287 g/mol. The molecule has 0 unspecified atom stereocenters. The predicted molar refractivity (Wildman–Crippen MR) is 80.4 cm³/mol. The Balaban J connectivity index is 1.83. The van der Waals surface area contributed by atoms with Crippen LogP contribution in [0.2, 0.25) is 0 Å². The van der Waals surface area contributed by atoms with Crippen molar-refractivity contribution in [3.63, 3.8) is 0 Å². The molecule has 0 atom stereocenters. The molecule has 1 heterocycles. The van der Waals surface area contributed by atoms with Crippen LogP contribution >= 0.6 is 11.3 Å². The zero-order valence-electron chi connectivity index (χ0n) is 10.8. The van der Waals surface area contributed by atoms with Gasteiger partial charge in [-0.1, -0.05) is 30.3 Å². The van der Waals surface area contributed by atoms with Gasteiger partial charge in [0, 0.05) is 16.1 Å². The highest BCUT2D eigenvalue weighted by atomic mass is 32.1. The number of rotatable bonds is 4. The molecule has 0 bridgehead atoms. The standard InChI is InChI=1S/C16H14FNOS/c17-14-6-1-2-7-15(14)19-10-13-8-11-4-3-5-12(9-18)16(11)20-13/h1-8H,9-10,18H2. The smallest absolute Gasteiger partial charge is 0.165 e. The first-order chi connectivity index (χ1) is 9.78. The Hall–Kier alpha value is -1.91. The Morgan fingerprint density at radius 1 is 1.10 bits per heavy atom. The van der Waals surface area contributed by atoms with Gasteiger partial charge in [0.05, 0.1) is 0 Å². The fraction of sp³-hybridized carbons (Fsp3) is 0.125. The van der Waals surface area contributed by atoms with Crippen molar-refractivity contribution in [3.05, 3.63) is 64.8 Å². The van der Waals surface area contributed by atoms with Crippen LogP contribution in [0.4, 0.5) is 4.39 Å². The number of ether oxygens (including phenoxy) is 1. The highest BCUT2D eigenvalue weighted by Gasteiger charge is 2.07. The molecule has 0 aliphatic rings. The molecular weight excluding hydrogens is 273 g/mol. The van der Waals surface area contributed by atoms with Crippen LogP contribution in [0.25, 0.3) is 10.1 Å². The second-order valence-electron chi connectivity index (χ2n) is 4.47. The van der Waals surface area contributed by atoms with Crippen molar-refractivity contribution in [1.29, 1.82) is 0 Å². The normalized spacial score (nSPS) is 10.9. The topological polar surface area (TPSA) is 35.2 Å². The van der Waals surface area contributed by atoms with E-state index < -0.39 is 0 Å². The number of thiophene rings is 1. The molecule has 2 aromatic carbocycles. The van der Waals surface area contributed by atoms with E-state index in [0.717, 1.165) is 15.8 Å². The molecule has 1 aromatic heterocycles. The third kappa shape index (κ3) is 2.53. The lowest BCUT2D eigenvalue weighted by Gasteiger charge is -2.04. The van der Waals surface area contributed by atoms with Gasteiger partial charge in [-0.05, 0) is 29.1 Å². The summed E-state index contributed by atoms with van der Waals surface area (Å²) in [5.41, 5.74) is 6.87. The van der Waals surface area contributed by atoms with Crippen LogP contribution in [0.5, 0.6) is 5.75 Å². The van der Waals surface area contributed by atoms with Crippen molar-refractivity contribution in [1.82, 2.24) is 0 Å². The van der Waals surface area contributed by atoms with Crippen LogP contribution in [-0.2, 0) is 13.2 Å². The van der Waals surface area contributed by atoms with Crippen molar-refractivity contribution in [2.45, 2.75) is 13.2 Å². The Morgan fingerprint density at radius 2 is 1.95 bits per heavy atom. The molecule has 0 fully saturated rings. The fourth-order valence-corrected chi connectivity index (χ4v) is 3.21. The lowest BCUT2D eigenvalue weighted by atomic mass is 10.1. The summed E-state index contributed by atoms with van der Waals surface area (Å²) in [6.45, 7) is 0.885. The third-order valence-electron chi connectivity index (χ3n) is 3.10. The number of hydrogen-bond acceptors (Lipinski definition) is 3. The molecule has 0 spiro atoms. The summed E-state index contributed by atoms with van der Waals surface area (Å²) in [7, 11) is 0. The van der Waals surface area contributed by atoms with Gasteiger partial charge in [-0.3, -0.25) is 0 Å². The molecule has 3 rings (SSSR count). The molecule has 0 saturated heterocycles. The van der Waals surface area contributed by atoms with Crippen LogP contribution in [0.3, 0.4) is 0 Å². The SMILES string of the molecule is NCc1cccc2cc(COc3ccccc3F)sc12. The second kappa shape index (κ2) is 5.61. The maximum atomic E-state index is 13.5. The van der Waals surface area contributed by atoms with E-state index in [2.05, 4.69) is 12.1 Å². The number of hydrogen-bond donors (Lipinski definition) is 1. The Bertz CT molecular complexity index is 738. The van der Waals surface area contributed by atoms with E-state index in [0.29, 0.717) is 13.2 Å². The van der Waals surface area contributed by atoms with Crippen molar-refractivity contribution < 1.29 is 9.13 Å². The third-order valence-corrected chi connectivity index (χ3v) is 4.30. The molecule has 0 aliphatic heterocycles. The van der Waals surface area contributed by atoms with Gasteiger partial charge >= 0.3 is 0 Å². The van der Waals surface area contributed by atoms with Crippen molar-refractivity contribution >= 4 is 21.4 Å². The Labute approximate surface area is 120 Å². The highest BCUT2D eigenvalue weighted by molar-refractivity contribution is 7.19. The van der Waals surface area contributed by atoms with Crippen LogP contribution in [0.1, 0.15) is 10.4 Å². The minimum absolute atomic E-state index is 0.281. The van der Waals surface area contributed by atoms with Gasteiger partial charge in [0.15, 0.2) is 11.6 Å². The number of benzene rings is 2. The first kappa shape index (κ1) is 13.1. The maximum Gasteiger partial charge on any atom is 0.165 e. The summed E-state index contributed by atoms with van der Waals surface area (Å²) in [5, 5.41) is 1.16. The number of para-hydroxylation sites is 1. The Morgan fingerprint density at radius 3 is 2.75 bits per heavy atom. The van der Waals surface area contributed by atoms with Crippen molar-refractivity contribution in [2.75, 3.05) is 0 Å². The van der Waals surface area contributed by atoms with E-state index in [-0.39, 0.29) is 11.6 Å². The zero-order chi connectivity index (χ0) is 13.9. The highest BCUT2D eigenvalue weighted by Crippen LogP contribution is 2.29. The molecule has 0 amide bonds. The average Bonchev–Trinajstić information content (AvgIpc) is 2.89. The van der Waals surface area contributed by atoms with E-state index in [1.807, 2.05) is 12.1 Å². The van der Waals surface area contributed by atoms with Crippen LogP contribution in [0.15, 0.2) is 48.5 Å². The van der Waals surface area contributed by atoms with Crippen LogP contribution in [-0.4, -0.2) is 0 Å². The molecule has 2 N–H and O–H groups in total. The van der Waals surface area contributed by atoms with Crippen LogP contribution in [0, 0.1) is 5.82 Å². The first-order valence-electron chi connectivity index (χ1n) is 6.35. The minimum Gasteiger partial charge on any atom is -0.485 e. The van der Waals surface area contributed by atoms with Gasteiger partial charge < -0.3 is 10.5 Å². The van der Waals surface area contributed by atoms with E-state index in [9.17, 15) is 4.39 Å². The molecule has 0 saturated carbocycles. The summed E-state index contributed by atoms with van der Waals surface area (Å²) in [5.74, 6) is -0.0553. The number of nitrogens with two attached hydrogens (primary N) is 1. The van der Waals surface area contributed by atoms with Gasteiger partial charge in [-0.15, -0.1) is 11.3 Å². The number of halogens is 1. The van der Waals surface area contributed by atoms with Gasteiger partial charge in [0.1, 0.15) is 6.61 Å². The molecule has 0 aliphatic carbocycles. The summed E-state index contributed by atoms with van der Waals surface area (Å²) >= 11 is 1.65. The molecule has 4 heteroatoms. The summed E-state index contributed by atoms with van der Waals surface area (Å²) in [6.07, 6.45) is 0. The zero-order valence-corrected chi connectivity index (χ0v) is 11.6. The fourth-order valence-electron chi connectivity index (χ4n) is 2.12. The lowest BCUT2D eigenvalue weighted by Crippen LogP contribution is -1.95. The first-order valence-corrected chi connectivity index (χ1v) is 7.17. The largest absolute Gasteiger partial charge is 0.485 e. The molecule has 20 heavy (non-hydrogen) atoms. The van der Waals surface area contributed by atoms with Gasteiger partial charge in [-0.2, -0.15) is 0 Å². The molecule has 3 aromatic rings. The molecule has 102 valence electrons. The van der Waals surface area contributed by atoms with E-state index in [1.54, 1.807) is 29.5 Å². The summed E-state index contributed by atoms with van der Waals surface area (Å²) in [6, 6.07) is 14.6. The second-order valence-corrected chi connectivity index (χ2v) is 5.61. The van der Waals surface area contributed by atoms with Crippen LogP contribution < -0.4 is 10.5 Å².